The number of hydrogen-bond donors (Lipinski definition) is 1. The zero-order valence-electron chi connectivity index (χ0n) is 13.4. The van der Waals surface area contributed by atoms with Crippen LogP contribution in [-0.4, -0.2) is 19.1 Å². The number of ether oxygens (including phenoxy) is 1. The van der Waals surface area contributed by atoms with Gasteiger partial charge in [-0.05, 0) is 36.5 Å². The minimum absolute atomic E-state index is 0.0488. The highest BCUT2D eigenvalue weighted by atomic mass is 16.5. The van der Waals surface area contributed by atoms with Crippen LogP contribution >= 0.6 is 0 Å². The third-order valence-corrected chi connectivity index (χ3v) is 3.73. The minimum Gasteiger partial charge on any atom is -0.483 e. The molecule has 3 nitrogen and oxygen atoms in total. The van der Waals surface area contributed by atoms with Crippen molar-refractivity contribution in [2.75, 3.05) is 13.2 Å². The van der Waals surface area contributed by atoms with E-state index in [1.807, 2.05) is 50.2 Å². The van der Waals surface area contributed by atoms with E-state index in [1.54, 1.807) is 0 Å². The van der Waals surface area contributed by atoms with Gasteiger partial charge in [0.25, 0.3) is 5.91 Å². The summed E-state index contributed by atoms with van der Waals surface area (Å²) < 4.78 is 5.66. The van der Waals surface area contributed by atoms with Crippen molar-refractivity contribution in [3.05, 3.63) is 65.2 Å². The molecule has 0 bridgehead atoms. The van der Waals surface area contributed by atoms with Gasteiger partial charge >= 0.3 is 0 Å². The highest BCUT2D eigenvalue weighted by Crippen LogP contribution is 2.22. The van der Waals surface area contributed by atoms with Gasteiger partial charge in [0.05, 0.1) is 0 Å². The number of hydrogen-bond acceptors (Lipinski definition) is 2. The molecule has 2 aromatic carbocycles. The van der Waals surface area contributed by atoms with Gasteiger partial charge in [0.2, 0.25) is 0 Å². The maximum atomic E-state index is 11.9. The van der Waals surface area contributed by atoms with E-state index >= 15 is 0 Å². The molecule has 3 heteroatoms. The van der Waals surface area contributed by atoms with E-state index in [9.17, 15) is 4.79 Å². The molecule has 0 aliphatic heterocycles. The Balaban J connectivity index is 1.81. The molecule has 116 valence electrons. The molecule has 0 radical (unpaired) electrons. The van der Waals surface area contributed by atoms with Gasteiger partial charge in [-0.25, -0.2) is 0 Å². The number of nitrogens with one attached hydrogen (secondary N) is 1. The maximum absolute atomic E-state index is 11.9. The molecule has 0 aliphatic rings. The van der Waals surface area contributed by atoms with Crippen molar-refractivity contribution in [1.82, 2.24) is 5.32 Å². The molecule has 1 atom stereocenters. The number of rotatable bonds is 6. The molecule has 1 amide bonds. The second-order valence-electron chi connectivity index (χ2n) is 5.63. The first-order chi connectivity index (χ1) is 10.6. The Hall–Kier alpha value is -2.29. The predicted molar refractivity (Wildman–Crippen MR) is 89.3 cm³/mol. The van der Waals surface area contributed by atoms with Crippen LogP contribution in [0, 0.1) is 13.8 Å². The number of aryl methyl sites for hydroxylation is 2. The zero-order chi connectivity index (χ0) is 15.9. The molecule has 2 rings (SSSR count). The number of para-hydroxylation sites is 1. The van der Waals surface area contributed by atoms with Gasteiger partial charge in [-0.15, -0.1) is 0 Å². The number of benzene rings is 2. The van der Waals surface area contributed by atoms with E-state index in [0.717, 1.165) is 16.9 Å². The summed E-state index contributed by atoms with van der Waals surface area (Å²) in [5, 5.41) is 2.93. The lowest BCUT2D eigenvalue weighted by Crippen LogP contribution is -2.32. The fourth-order valence-electron chi connectivity index (χ4n) is 2.38. The molecule has 0 aromatic heterocycles. The largest absolute Gasteiger partial charge is 0.483 e. The summed E-state index contributed by atoms with van der Waals surface area (Å²) in [6.45, 7) is 6.73. The fourth-order valence-corrected chi connectivity index (χ4v) is 2.38. The molecule has 0 unspecified atom stereocenters. The van der Waals surface area contributed by atoms with E-state index in [2.05, 4.69) is 24.4 Å². The standard InChI is InChI=1S/C19H23NO2/c1-14-8-7-9-15(2)19(14)22-13-18(21)20-12-16(3)17-10-5-4-6-11-17/h4-11,16H,12-13H2,1-3H3,(H,20,21)/t16-/m0/s1. The van der Waals surface area contributed by atoms with E-state index in [-0.39, 0.29) is 18.4 Å². The normalized spacial score (nSPS) is 11.8. The van der Waals surface area contributed by atoms with Gasteiger partial charge in [0, 0.05) is 6.54 Å². The van der Waals surface area contributed by atoms with Crippen LogP contribution in [0.2, 0.25) is 0 Å². The summed E-state index contributed by atoms with van der Waals surface area (Å²) in [4.78, 5) is 11.9. The van der Waals surface area contributed by atoms with Crippen molar-refractivity contribution in [2.24, 2.45) is 0 Å². The zero-order valence-corrected chi connectivity index (χ0v) is 13.4. The van der Waals surface area contributed by atoms with Crippen LogP contribution < -0.4 is 10.1 Å². The Bertz CT molecular complexity index is 602. The van der Waals surface area contributed by atoms with Crippen LogP contribution in [-0.2, 0) is 4.79 Å². The number of amides is 1. The predicted octanol–water partition coefficient (Wildman–Crippen LogP) is 3.60. The average Bonchev–Trinajstić information content (AvgIpc) is 2.53. The van der Waals surface area contributed by atoms with E-state index in [0.29, 0.717) is 6.54 Å². The van der Waals surface area contributed by atoms with Crippen molar-refractivity contribution in [2.45, 2.75) is 26.7 Å². The Kier molecular flexibility index (Phi) is 5.59. The van der Waals surface area contributed by atoms with Crippen LogP contribution in [0.3, 0.4) is 0 Å². The van der Waals surface area contributed by atoms with E-state index in [4.69, 9.17) is 4.74 Å². The van der Waals surface area contributed by atoms with Crippen LogP contribution in [0.5, 0.6) is 5.75 Å². The highest BCUT2D eigenvalue weighted by molar-refractivity contribution is 5.77. The SMILES string of the molecule is Cc1cccc(C)c1OCC(=O)NC[C@H](C)c1ccccc1. The average molecular weight is 297 g/mol. The van der Waals surface area contributed by atoms with Crippen LogP contribution in [0.1, 0.15) is 29.5 Å². The lowest BCUT2D eigenvalue weighted by Gasteiger charge is -2.14. The Morgan fingerprint density at radius 3 is 2.32 bits per heavy atom. The number of carbonyl (C=O) groups is 1. The van der Waals surface area contributed by atoms with E-state index in [1.165, 1.54) is 5.56 Å². The third-order valence-electron chi connectivity index (χ3n) is 3.73. The second kappa shape index (κ2) is 7.64. The summed E-state index contributed by atoms with van der Waals surface area (Å²) in [5.41, 5.74) is 3.31. The monoisotopic (exact) mass is 297 g/mol. The first-order valence-corrected chi connectivity index (χ1v) is 7.58. The lowest BCUT2D eigenvalue weighted by molar-refractivity contribution is -0.123. The second-order valence-corrected chi connectivity index (χ2v) is 5.63. The van der Waals surface area contributed by atoms with Gasteiger partial charge < -0.3 is 10.1 Å². The summed E-state index contributed by atoms with van der Waals surface area (Å²) in [6.07, 6.45) is 0. The fraction of sp³-hybridized carbons (Fsp3) is 0.316. The molecule has 1 N–H and O–H groups in total. The molecule has 0 fully saturated rings. The lowest BCUT2D eigenvalue weighted by atomic mass is 10.0. The molecule has 0 saturated carbocycles. The van der Waals surface area contributed by atoms with Gasteiger partial charge in [-0.2, -0.15) is 0 Å². The molecular formula is C19H23NO2. The van der Waals surface area contributed by atoms with Gasteiger partial charge in [-0.1, -0.05) is 55.5 Å². The van der Waals surface area contributed by atoms with Gasteiger partial charge in [-0.3, -0.25) is 4.79 Å². The summed E-state index contributed by atoms with van der Waals surface area (Å²) in [6, 6.07) is 16.1. The molecule has 0 heterocycles. The molecule has 0 spiro atoms. The minimum atomic E-state index is -0.0922. The molecule has 22 heavy (non-hydrogen) atoms. The number of carbonyl (C=O) groups excluding carboxylic acids is 1. The van der Waals surface area contributed by atoms with Crippen molar-refractivity contribution < 1.29 is 9.53 Å². The molecule has 2 aromatic rings. The van der Waals surface area contributed by atoms with Gasteiger partial charge in [0.15, 0.2) is 6.61 Å². The summed E-state index contributed by atoms with van der Waals surface area (Å²) in [7, 11) is 0. The first-order valence-electron chi connectivity index (χ1n) is 7.58. The Morgan fingerprint density at radius 2 is 1.68 bits per heavy atom. The summed E-state index contributed by atoms with van der Waals surface area (Å²) >= 11 is 0. The van der Waals surface area contributed by atoms with Crippen LogP contribution in [0.25, 0.3) is 0 Å². The quantitative estimate of drug-likeness (QED) is 0.884. The van der Waals surface area contributed by atoms with Crippen molar-refractivity contribution in [1.29, 1.82) is 0 Å². The van der Waals surface area contributed by atoms with Crippen molar-refractivity contribution >= 4 is 5.91 Å². The molecular weight excluding hydrogens is 274 g/mol. The Labute approximate surface area is 132 Å². The van der Waals surface area contributed by atoms with E-state index < -0.39 is 0 Å². The summed E-state index contributed by atoms with van der Waals surface area (Å²) in [5.74, 6) is 0.990. The van der Waals surface area contributed by atoms with Crippen LogP contribution in [0.4, 0.5) is 0 Å². The highest BCUT2D eigenvalue weighted by Gasteiger charge is 2.09. The Morgan fingerprint density at radius 1 is 1.05 bits per heavy atom. The van der Waals surface area contributed by atoms with Crippen molar-refractivity contribution in [3.8, 4) is 5.75 Å². The van der Waals surface area contributed by atoms with Crippen molar-refractivity contribution in [3.63, 3.8) is 0 Å². The van der Waals surface area contributed by atoms with Gasteiger partial charge in [0.1, 0.15) is 5.75 Å². The first kappa shape index (κ1) is 16.1. The topological polar surface area (TPSA) is 38.3 Å². The smallest absolute Gasteiger partial charge is 0.257 e. The molecule has 0 aliphatic carbocycles. The van der Waals surface area contributed by atoms with Crippen LogP contribution in [0.15, 0.2) is 48.5 Å². The maximum Gasteiger partial charge on any atom is 0.257 e. The molecule has 0 saturated heterocycles. The third kappa shape index (κ3) is 4.35.